The van der Waals surface area contributed by atoms with Crippen LogP contribution in [0.25, 0.3) is 0 Å². The number of aryl methyl sites for hydroxylation is 2. The van der Waals surface area contributed by atoms with Gasteiger partial charge in [-0.05, 0) is 33.1 Å². The lowest BCUT2D eigenvalue weighted by Crippen LogP contribution is -2.18. The molecule has 0 spiro atoms. The minimum atomic E-state index is -0.346. The lowest BCUT2D eigenvalue weighted by atomic mass is 10.00. The summed E-state index contributed by atoms with van der Waals surface area (Å²) in [5.41, 5.74) is 1.41. The van der Waals surface area contributed by atoms with Crippen molar-refractivity contribution in [1.82, 2.24) is 0 Å². The molecule has 0 radical (unpaired) electrons. The zero-order valence-electron chi connectivity index (χ0n) is 11.3. The normalized spacial score (nSPS) is 13.1. The SMILES string of the molecule is Cc1oc(CCC(O)C(C)C)c(C)c(=O)c1C. The molecular formula is C14H22O3. The molecule has 1 heterocycles. The molecule has 0 bridgehead atoms. The predicted molar refractivity (Wildman–Crippen MR) is 68.4 cm³/mol. The smallest absolute Gasteiger partial charge is 0.191 e. The van der Waals surface area contributed by atoms with Gasteiger partial charge in [-0.3, -0.25) is 4.79 Å². The molecule has 0 aliphatic carbocycles. The molecule has 0 saturated heterocycles. The maximum Gasteiger partial charge on any atom is 0.191 e. The van der Waals surface area contributed by atoms with Gasteiger partial charge in [0.25, 0.3) is 0 Å². The summed E-state index contributed by atoms with van der Waals surface area (Å²) in [5, 5.41) is 9.75. The van der Waals surface area contributed by atoms with E-state index in [4.69, 9.17) is 4.42 Å². The summed E-state index contributed by atoms with van der Waals surface area (Å²) >= 11 is 0. The van der Waals surface area contributed by atoms with Gasteiger partial charge in [-0.15, -0.1) is 0 Å². The Morgan fingerprint density at radius 1 is 1.18 bits per heavy atom. The fraction of sp³-hybridized carbons (Fsp3) is 0.643. The first-order valence-electron chi connectivity index (χ1n) is 6.12. The van der Waals surface area contributed by atoms with Crippen LogP contribution in [0, 0.1) is 26.7 Å². The van der Waals surface area contributed by atoms with Gasteiger partial charge in [0.1, 0.15) is 11.5 Å². The molecule has 1 aromatic rings. The third-order valence-corrected chi connectivity index (χ3v) is 3.34. The van der Waals surface area contributed by atoms with E-state index in [1.54, 1.807) is 20.8 Å². The quantitative estimate of drug-likeness (QED) is 0.876. The van der Waals surface area contributed by atoms with Gasteiger partial charge >= 0.3 is 0 Å². The molecule has 96 valence electrons. The maximum absolute atomic E-state index is 11.9. The second kappa shape index (κ2) is 5.50. The average Bonchev–Trinajstić information content (AvgIpc) is 2.28. The van der Waals surface area contributed by atoms with E-state index in [0.29, 0.717) is 35.5 Å². The van der Waals surface area contributed by atoms with Gasteiger partial charge in [0, 0.05) is 17.5 Å². The van der Waals surface area contributed by atoms with Crippen LogP contribution in [-0.4, -0.2) is 11.2 Å². The highest BCUT2D eigenvalue weighted by atomic mass is 16.3. The molecule has 3 heteroatoms. The van der Waals surface area contributed by atoms with Crippen LogP contribution in [0.4, 0.5) is 0 Å². The molecule has 0 amide bonds. The Hall–Kier alpha value is -1.09. The largest absolute Gasteiger partial charge is 0.466 e. The van der Waals surface area contributed by atoms with Crippen molar-refractivity contribution in [2.45, 2.75) is 53.6 Å². The van der Waals surface area contributed by atoms with Gasteiger partial charge in [-0.1, -0.05) is 13.8 Å². The number of hydrogen-bond acceptors (Lipinski definition) is 3. The summed E-state index contributed by atoms with van der Waals surface area (Å²) in [6.45, 7) is 9.33. The van der Waals surface area contributed by atoms with E-state index < -0.39 is 0 Å². The lowest BCUT2D eigenvalue weighted by Gasteiger charge is -2.14. The Morgan fingerprint density at radius 2 is 1.76 bits per heavy atom. The second-order valence-electron chi connectivity index (χ2n) is 5.01. The molecule has 0 saturated carbocycles. The third-order valence-electron chi connectivity index (χ3n) is 3.34. The van der Waals surface area contributed by atoms with Crippen molar-refractivity contribution in [3.05, 3.63) is 32.9 Å². The van der Waals surface area contributed by atoms with E-state index in [9.17, 15) is 9.90 Å². The molecule has 0 aromatic carbocycles. The molecule has 1 aromatic heterocycles. The molecule has 1 unspecified atom stereocenters. The highest BCUT2D eigenvalue weighted by molar-refractivity contribution is 5.25. The van der Waals surface area contributed by atoms with Crippen LogP contribution in [0.3, 0.4) is 0 Å². The van der Waals surface area contributed by atoms with Gasteiger partial charge in [0.05, 0.1) is 6.10 Å². The summed E-state index contributed by atoms with van der Waals surface area (Å²) in [5.74, 6) is 1.61. The van der Waals surface area contributed by atoms with Crippen molar-refractivity contribution in [2.24, 2.45) is 5.92 Å². The van der Waals surface area contributed by atoms with Crippen molar-refractivity contribution in [3.8, 4) is 0 Å². The number of aliphatic hydroxyl groups excluding tert-OH is 1. The molecule has 1 atom stereocenters. The highest BCUT2D eigenvalue weighted by Crippen LogP contribution is 2.15. The molecule has 0 aliphatic heterocycles. The molecular weight excluding hydrogens is 216 g/mol. The van der Waals surface area contributed by atoms with Crippen LogP contribution in [0.5, 0.6) is 0 Å². The van der Waals surface area contributed by atoms with Crippen molar-refractivity contribution in [1.29, 1.82) is 0 Å². The van der Waals surface area contributed by atoms with Crippen LogP contribution in [0.1, 0.15) is 42.9 Å². The highest BCUT2D eigenvalue weighted by Gasteiger charge is 2.14. The summed E-state index contributed by atoms with van der Waals surface area (Å²) in [4.78, 5) is 11.9. The van der Waals surface area contributed by atoms with Crippen molar-refractivity contribution >= 4 is 0 Å². The van der Waals surface area contributed by atoms with Crippen LogP contribution >= 0.6 is 0 Å². The zero-order valence-corrected chi connectivity index (χ0v) is 11.3. The van der Waals surface area contributed by atoms with E-state index in [-0.39, 0.29) is 17.5 Å². The number of rotatable bonds is 4. The molecule has 3 nitrogen and oxygen atoms in total. The van der Waals surface area contributed by atoms with Crippen LogP contribution in [0.2, 0.25) is 0 Å². The Labute approximate surface area is 102 Å². The van der Waals surface area contributed by atoms with Gasteiger partial charge in [-0.2, -0.15) is 0 Å². The van der Waals surface area contributed by atoms with Crippen molar-refractivity contribution < 1.29 is 9.52 Å². The molecule has 0 aliphatic rings. The predicted octanol–water partition coefficient (Wildman–Crippen LogP) is 2.51. The van der Waals surface area contributed by atoms with Crippen LogP contribution in [-0.2, 0) is 6.42 Å². The lowest BCUT2D eigenvalue weighted by molar-refractivity contribution is 0.114. The Bertz CT molecular complexity index is 444. The van der Waals surface area contributed by atoms with Gasteiger partial charge in [-0.25, -0.2) is 0 Å². The number of hydrogen-bond donors (Lipinski definition) is 1. The van der Waals surface area contributed by atoms with Gasteiger partial charge in [0.2, 0.25) is 0 Å². The van der Waals surface area contributed by atoms with E-state index in [0.717, 1.165) is 0 Å². The molecule has 1 N–H and O–H groups in total. The summed E-state index contributed by atoms with van der Waals surface area (Å²) < 4.78 is 5.64. The van der Waals surface area contributed by atoms with Gasteiger partial charge in [0.15, 0.2) is 5.43 Å². The van der Waals surface area contributed by atoms with Crippen LogP contribution < -0.4 is 5.43 Å². The van der Waals surface area contributed by atoms with E-state index in [1.165, 1.54) is 0 Å². The fourth-order valence-corrected chi connectivity index (χ4v) is 1.76. The van der Waals surface area contributed by atoms with E-state index in [1.807, 2.05) is 13.8 Å². The van der Waals surface area contributed by atoms with Crippen LogP contribution in [0.15, 0.2) is 9.21 Å². The van der Waals surface area contributed by atoms with E-state index >= 15 is 0 Å². The minimum Gasteiger partial charge on any atom is -0.466 e. The zero-order chi connectivity index (χ0) is 13.2. The summed E-state index contributed by atoms with van der Waals surface area (Å²) in [7, 11) is 0. The molecule has 0 fully saturated rings. The van der Waals surface area contributed by atoms with E-state index in [2.05, 4.69) is 0 Å². The first kappa shape index (κ1) is 14.0. The average molecular weight is 238 g/mol. The molecule has 17 heavy (non-hydrogen) atoms. The summed E-state index contributed by atoms with van der Waals surface area (Å²) in [6, 6.07) is 0. The maximum atomic E-state index is 11.9. The van der Waals surface area contributed by atoms with Gasteiger partial charge < -0.3 is 9.52 Å². The monoisotopic (exact) mass is 238 g/mol. The topological polar surface area (TPSA) is 50.4 Å². The Morgan fingerprint density at radius 3 is 2.29 bits per heavy atom. The fourth-order valence-electron chi connectivity index (χ4n) is 1.76. The first-order chi connectivity index (χ1) is 7.84. The number of aliphatic hydroxyl groups is 1. The Kier molecular flexibility index (Phi) is 4.52. The van der Waals surface area contributed by atoms with Crippen molar-refractivity contribution in [3.63, 3.8) is 0 Å². The summed E-state index contributed by atoms with van der Waals surface area (Å²) in [6.07, 6.45) is 0.896. The van der Waals surface area contributed by atoms with Crippen molar-refractivity contribution in [2.75, 3.05) is 0 Å². The first-order valence-corrected chi connectivity index (χ1v) is 6.12. The standard InChI is InChI=1S/C14H22O3/c1-8(2)12(15)6-7-13-10(4)14(16)9(3)11(5)17-13/h8,12,15H,6-7H2,1-5H3. The second-order valence-corrected chi connectivity index (χ2v) is 5.01. The molecule has 1 rings (SSSR count). The third kappa shape index (κ3) is 3.19. The minimum absolute atomic E-state index is 0.0581. The Balaban J connectivity index is 2.90.